The Morgan fingerprint density at radius 1 is 1.06 bits per heavy atom. The van der Waals surface area contributed by atoms with Crippen LogP contribution < -0.4 is 4.90 Å². The van der Waals surface area contributed by atoms with Crippen LogP contribution >= 0.6 is 0 Å². The van der Waals surface area contributed by atoms with Crippen molar-refractivity contribution in [1.29, 1.82) is 0 Å². The molecule has 2 heterocycles. The van der Waals surface area contributed by atoms with E-state index in [1.165, 1.54) is 6.20 Å². The molecule has 5 rings (SSSR count). The highest BCUT2D eigenvalue weighted by atomic mass is 19.4. The highest BCUT2D eigenvalue weighted by molar-refractivity contribution is 5.72. The van der Waals surface area contributed by atoms with Gasteiger partial charge in [0.25, 0.3) is 0 Å². The van der Waals surface area contributed by atoms with Crippen LogP contribution in [0.3, 0.4) is 0 Å². The molecule has 0 aliphatic heterocycles. The van der Waals surface area contributed by atoms with Gasteiger partial charge in [-0.05, 0) is 49.3 Å². The molecule has 0 saturated heterocycles. The van der Waals surface area contributed by atoms with E-state index in [1.807, 2.05) is 31.1 Å². The molecule has 2 fully saturated rings. The van der Waals surface area contributed by atoms with E-state index < -0.39 is 24.1 Å². The SMILES string of the molecule is CC[C@@H]1CCCC[C@H](N(c2cnc(-c3ccc(-c4cnn(C)c4)cc3O)nn2)C2CC2)[C@@H]1C(F)(F)F. The van der Waals surface area contributed by atoms with Gasteiger partial charge in [0.05, 0.1) is 23.9 Å². The number of hydrogen-bond acceptors (Lipinski definition) is 6. The predicted octanol–water partition coefficient (Wildman–Crippen LogP) is 5.76. The van der Waals surface area contributed by atoms with Crippen LogP contribution in [0.2, 0.25) is 0 Å². The number of anilines is 1. The molecule has 10 heteroatoms. The average molecular weight is 501 g/mol. The van der Waals surface area contributed by atoms with Gasteiger partial charge in [-0.15, -0.1) is 10.2 Å². The molecule has 1 aromatic carbocycles. The van der Waals surface area contributed by atoms with Gasteiger partial charge in [-0.2, -0.15) is 18.3 Å². The Kier molecular flexibility index (Phi) is 6.61. The number of rotatable bonds is 6. The summed E-state index contributed by atoms with van der Waals surface area (Å²) in [7, 11) is 1.82. The lowest BCUT2D eigenvalue weighted by molar-refractivity contribution is -0.195. The van der Waals surface area contributed by atoms with Gasteiger partial charge in [-0.1, -0.05) is 32.3 Å². The fourth-order valence-corrected chi connectivity index (χ4v) is 5.65. The molecule has 0 bridgehead atoms. The zero-order chi connectivity index (χ0) is 25.4. The second kappa shape index (κ2) is 9.71. The molecule has 0 unspecified atom stereocenters. The number of aryl methyl sites for hydroxylation is 1. The number of aromatic hydroxyl groups is 1. The van der Waals surface area contributed by atoms with Gasteiger partial charge < -0.3 is 10.0 Å². The van der Waals surface area contributed by atoms with Gasteiger partial charge >= 0.3 is 6.18 Å². The number of nitrogens with zero attached hydrogens (tertiary/aromatic N) is 6. The smallest absolute Gasteiger partial charge is 0.394 e. The number of aromatic nitrogens is 5. The van der Waals surface area contributed by atoms with Crippen molar-refractivity contribution >= 4 is 5.82 Å². The first-order valence-corrected chi connectivity index (χ1v) is 12.6. The topological polar surface area (TPSA) is 80.0 Å². The molecule has 0 radical (unpaired) electrons. The van der Waals surface area contributed by atoms with E-state index in [-0.39, 0.29) is 17.6 Å². The third-order valence-electron chi connectivity index (χ3n) is 7.54. The summed E-state index contributed by atoms with van der Waals surface area (Å²) in [6.45, 7) is 1.86. The molecule has 2 aromatic heterocycles. The van der Waals surface area contributed by atoms with Crippen LogP contribution in [0.4, 0.5) is 19.0 Å². The zero-order valence-electron chi connectivity index (χ0n) is 20.5. The first kappa shape index (κ1) is 24.5. The maximum atomic E-state index is 14.3. The summed E-state index contributed by atoms with van der Waals surface area (Å²) in [4.78, 5) is 6.27. The number of phenolic OH excluding ortho intramolecular Hbond substituents is 1. The van der Waals surface area contributed by atoms with Crippen molar-refractivity contribution in [3.05, 3.63) is 36.8 Å². The Morgan fingerprint density at radius 2 is 1.83 bits per heavy atom. The molecular formula is C26H31F3N6O. The summed E-state index contributed by atoms with van der Waals surface area (Å²) in [6, 6.07) is 4.53. The van der Waals surface area contributed by atoms with Gasteiger partial charge in [0, 0.05) is 30.9 Å². The minimum Gasteiger partial charge on any atom is -0.507 e. The molecule has 0 spiro atoms. The van der Waals surface area contributed by atoms with Gasteiger partial charge in [-0.25, -0.2) is 4.98 Å². The van der Waals surface area contributed by atoms with Crippen LogP contribution in [0.15, 0.2) is 36.8 Å². The van der Waals surface area contributed by atoms with Gasteiger partial charge in [0.15, 0.2) is 11.6 Å². The molecule has 3 atom stereocenters. The summed E-state index contributed by atoms with van der Waals surface area (Å²) >= 11 is 0. The molecule has 0 amide bonds. The van der Waals surface area contributed by atoms with Crippen molar-refractivity contribution in [1.82, 2.24) is 25.0 Å². The Hall–Kier alpha value is -3.17. The van der Waals surface area contributed by atoms with Crippen LogP contribution in [0.1, 0.15) is 51.9 Å². The van der Waals surface area contributed by atoms with E-state index in [1.54, 1.807) is 23.0 Å². The standard InChI is InChI=1S/C26H31F3N6O/c1-3-16-6-4-5-7-21(24(16)26(27,28)29)35(19-9-10-19)23-14-30-25(33-32-23)20-11-8-17(12-22(20)36)18-13-31-34(2)15-18/h8,11-16,19,21,24,36H,3-7,9-10H2,1-2H3/t16-,21+,24-/m1/s1. The fraction of sp³-hybridized carbons (Fsp3) is 0.538. The molecule has 192 valence electrons. The predicted molar refractivity (Wildman–Crippen MR) is 130 cm³/mol. The van der Waals surface area contributed by atoms with E-state index in [9.17, 15) is 18.3 Å². The van der Waals surface area contributed by atoms with Crippen LogP contribution in [-0.4, -0.2) is 48.3 Å². The van der Waals surface area contributed by atoms with Gasteiger partial charge in [0.1, 0.15) is 5.75 Å². The maximum Gasteiger partial charge on any atom is 0.394 e. The van der Waals surface area contributed by atoms with Crippen LogP contribution in [0.25, 0.3) is 22.5 Å². The molecular weight excluding hydrogens is 469 g/mol. The van der Waals surface area contributed by atoms with E-state index in [4.69, 9.17) is 0 Å². The first-order valence-electron chi connectivity index (χ1n) is 12.6. The largest absolute Gasteiger partial charge is 0.507 e. The third-order valence-corrected chi connectivity index (χ3v) is 7.54. The van der Waals surface area contributed by atoms with Crippen molar-refractivity contribution in [3.63, 3.8) is 0 Å². The summed E-state index contributed by atoms with van der Waals surface area (Å²) in [5.41, 5.74) is 2.07. The van der Waals surface area contributed by atoms with Crippen molar-refractivity contribution in [3.8, 4) is 28.3 Å². The number of alkyl halides is 3. The number of hydrogen-bond donors (Lipinski definition) is 1. The summed E-state index contributed by atoms with van der Waals surface area (Å²) in [6.07, 6.45) is 5.66. The number of phenols is 1. The Bertz CT molecular complexity index is 1190. The van der Waals surface area contributed by atoms with Crippen LogP contribution in [-0.2, 0) is 7.05 Å². The lowest BCUT2D eigenvalue weighted by Crippen LogP contribution is -2.50. The fourth-order valence-electron chi connectivity index (χ4n) is 5.65. The zero-order valence-corrected chi connectivity index (χ0v) is 20.5. The average Bonchev–Trinajstić information content (AvgIpc) is 3.62. The summed E-state index contributed by atoms with van der Waals surface area (Å²) in [5, 5.41) is 23.4. The van der Waals surface area contributed by atoms with E-state index in [0.717, 1.165) is 36.8 Å². The van der Waals surface area contributed by atoms with Crippen LogP contribution in [0, 0.1) is 11.8 Å². The van der Waals surface area contributed by atoms with Gasteiger partial charge in [0.2, 0.25) is 0 Å². The second-order valence-electron chi connectivity index (χ2n) is 10.0. The maximum absolute atomic E-state index is 14.3. The minimum absolute atomic E-state index is 0.00311. The Labute approximate surface area is 208 Å². The van der Waals surface area contributed by atoms with Crippen molar-refractivity contribution in [2.24, 2.45) is 18.9 Å². The molecule has 2 aliphatic carbocycles. The monoisotopic (exact) mass is 500 g/mol. The molecule has 1 N–H and O–H groups in total. The number of benzene rings is 1. The van der Waals surface area contributed by atoms with E-state index >= 15 is 0 Å². The van der Waals surface area contributed by atoms with Gasteiger partial charge in [-0.3, -0.25) is 4.68 Å². The molecule has 3 aromatic rings. The summed E-state index contributed by atoms with van der Waals surface area (Å²) in [5.74, 6) is -1.19. The lowest BCUT2D eigenvalue weighted by atomic mass is 9.81. The third kappa shape index (κ3) is 4.90. The van der Waals surface area contributed by atoms with Crippen molar-refractivity contribution < 1.29 is 18.3 Å². The van der Waals surface area contributed by atoms with E-state index in [0.29, 0.717) is 30.6 Å². The Balaban J connectivity index is 1.44. The van der Waals surface area contributed by atoms with Crippen LogP contribution in [0.5, 0.6) is 5.75 Å². The highest BCUT2D eigenvalue weighted by Crippen LogP contribution is 2.47. The Morgan fingerprint density at radius 3 is 2.42 bits per heavy atom. The minimum atomic E-state index is -4.27. The lowest BCUT2D eigenvalue weighted by Gasteiger charge is -2.40. The quantitative estimate of drug-likeness (QED) is 0.434. The van der Waals surface area contributed by atoms with Crippen molar-refractivity contribution in [2.45, 2.75) is 70.1 Å². The summed E-state index contributed by atoms with van der Waals surface area (Å²) < 4.78 is 44.7. The normalized spacial score (nSPS) is 22.9. The first-order chi connectivity index (χ1) is 17.3. The second-order valence-corrected chi connectivity index (χ2v) is 10.0. The highest BCUT2D eigenvalue weighted by Gasteiger charge is 2.53. The molecule has 2 aliphatic rings. The molecule has 36 heavy (non-hydrogen) atoms. The molecule has 2 saturated carbocycles. The molecule has 7 nitrogen and oxygen atoms in total. The number of halogens is 3. The van der Waals surface area contributed by atoms with Crippen molar-refractivity contribution in [2.75, 3.05) is 4.90 Å². The van der Waals surface area contributed by atoms with E-state index in [2.05, 4.69) is 20.3 Å².